The van der Waals surface area contributed by atoms with Gasteiger partial charge in [-0.1, -0.05) is 6.92 Å². The zero-order valence-electron chi connectivity index (χ0n) is 11.2. The quantitative estimate of drug-likeness (QED) is 0.719. The maximum atomic E-state index is 12.5. The Bertz CT molecular complexity index is 510. The Balaban J connectivity index is 3.27. The highest BCUT2D eigenvalue weighted by Crippen LogP contribution is 2.28. The lowest BCUT2D eigenvalue weighted by atomic mass is 10.3. The van der Waals surface area contributed by atoms with Gasteiger partial charge in [-0.3, -0.25) is 0 Å². The Labute approximate surface area is 113 Å². The summed E-state index contributed by atoms with van der Waals surface area (Å²) < 4.78 is 31.3. The van der Waals surface area contributed by atoms with Crippen LogP contribution in [0.5, 0.6) is 5.75 Å². The minimum Gasteiger partial charge on any atom is -0.495 e. The van der Waals surface area contributed by atoms with Crippen molar-refractivity contribution in [2.75, 3.05) is 32.5 Å². The predicted molar refractivity (Wildman–Crippen MR) is 73.5 cm³/mol. The van der Waals surface area contributed by atoms with Crippen LogP contribution in [-0.2, 0) is 10.0 Å². The van der Waals surface area contributed by atoms with E-state index in [4.69, 9.17) is 15.6 Å². The molecule has 1 aromatic rings. The molecule has 0 fully saturated rings. The van der Waals surface area contributed by atoms with Gasteiger partial charge in [-0.15, -0.1) is 0 Å². The second kappa shape index (κ2) is 6.74. The van der Waals surface area contributed by atoms with E-state index in [-0.39, 0.29) is 23.8 Å². The Morgan fingerprint density at radius 2 is 2.05 bits per heavy atom. The fraction of sp³-hybridized carbons (Fsp3) is 0.500. The van der Waals surface area contributed by atoms with Crippen molar-refractivity contribution in [2.45, 2.75) is 18.2 Å². The molecule has 1 rings (SSSR count). The third-order valence-electron chi connectivity index (χ3n) is 2.63. The van der Waals surface area contributed by atoms with Crippen LogP contribution >= 0.6 is 0 Å². The van der Waals surface area contributed by atoms with Gasteiger partial charge in [0.25, 0.3) is 0 Å². The summed E-state index contributed by atoms with van der Waals surface area (Å²) >= 11 is 0. The molecule has 0 unspecified atom stereocenters. The van der Waals surface area contributed by atoms with Gasteiger partial charge in [0, 0.05) is 18.8 Å². The fourth-order valence-corrected chi connectivity index (χ4v) is 3.46. The van der Waals surface area contributed by atoms with E-state index >= 15 is 0 Å². The summed E-state index contributed by atoms with van der Waals surface area (Å²) in [6.45, 7) is 2.02. The number of nitrogen functional groups attached to an aromatic ring is 1. The lowest BCUT2D eigenvalue weighted by molar-refractivity contribution is 0.253. The van der Waals surface area contributed by atoms with Crippen LogP contribution in [0, 0.1) is 0 Å². The molecule has 0 heterocycles. The molecule has 0 radical (unpaired) electrons. The van der Waals surface area contributed by atoms with Gasteiger partial charge < -0.3 is 15.6 Å². The minimum absolute atomic E-state index is 0.0249. The summed E-state index contributed by atoms with van der Waals surface area (Å²) in [6.07, 6.45) is 0.657. The highest BCUT2D eigenvalue weighted by molar-refractivity contribution is 7.89. The zero-order valence-corrected chi connectivity index (χ0v) is 12.0. The van der Waals surface area contributed by atoms with Crippen LogP contribution in [0.25, 0.3) is 0 Å². The van der Waals surface area contributed by atoms with E-state index in [2.05, 4.69) is 0 Å². The number of hydrogen-bond donors (Lipinski definition) is 2. The Morgan fingerprint density at radius 1 is 1.37 bits per heavy atom. The van der Waals surface area contributed by atoms with Crippen molar-refractivity contribution >= 4 is 15.7 Å². The molecule has 0 bridgehead atoms. The number of anilines is 1. The summed E-state index contributed by atoms with van der Waals surface area (Å²) in [7, 11) is -2.32. The van der Waals surface area contributed by atoms with Crippen LogP contribution in [0.3, 0.4) is 0 Å². The number of nitrogens with zero attached hydrogens (tertiary/aromatic N) is 1. The first kappa shape index (κ1) is 15.7. The zero-order chi connectivity index (χ0) is 14.5. The average Bonchev–Trinajstić information content (AvgIpc) is 2.38. The number of nitrogens with two attached hydrogens (primary N) is 1. The molecule has 0 amide bonds. The molecule has 0 saturated carbocycles. The number of ether oxygens (including phenoxy) is 1. The van der Waals surface area contributed by atoms with Gasteiger partial charge in [0.15, 0.2) is 0 Å². The van der Waals surface area contributed by atoms with Gasteiger partial charge in [0.1, 0.15) is 10.6 Å². The molecule has 3 N–H and O–H groups in total. The molecule has 108 valence electrons. The van der Waals surface area contributed by atoms with Crippen LogP contribution < -0.4 is 10.5 Å². The summed E-state index contributed by atoms with van der Waals surface area (Å²) in [6, 6.07) is 4.47. The van der Waals surface area contributed by atoms with Crippen molar-refractivity contribution in [3.05, 3.63) is 18.2 Å². The molecular formula is C12H20N2O4S. The van der Waals surface area contributed by atoms with Crippen LogP contribution in [0.2, 0.25) is 0 Å². The second-order valence-electron chi connectivity index (χ2n) is 4.04. The number of sulfonamides is 1. The van der Waals surface area contributed by atoms with Crippen molar-refractivity contribution in [3.63, 3.8) is 0 Å². The second-order valence-corrected chi connectivity index (χ2v) is 5.94. The highest BCUT2D eigenvalue weighted by Gasteiger charge is 2.27. The lowest BCUT2D eigenvalue weighted by Gasteiger charge is -2.22. The SMILES string of the molecule is CCCN(CCO)S(=O)(=O)c1cc(N)ccc1OC. The normalized spacial score (nSPS) is 11.8. The van der Waals surface area contributed by atoms with E-state index in [1.807, 2.05) is 6.92 Å². The smallest absolute Gasteiger partial charge is 0.246 e. The first-order chi connectivity index (χ1) is 8.97. The molecule has 7 heteroatoms. The van der Waals surface area contributed by atoms with Crippen LogP contribution in [0.4, 0.5) is 5.69 Å². The van der Waals surface area contributed by atoms with Gasteiger partial charge in [0.2, 0.25) is 10.0 Å². The maximum Gasteiger partial charge on any atom is 0.246 e. The van der Waals surface area contributed by atoms with E-state index < -0.39 is 10.0 Å². The van der Waals surface area contributed by atoms with Crippen molar-refractivity contribution in [3.8, 4) is 5.75 Å². The third-order valence-corrected chi connectivity index (χ3v) is 4.55. The average molecular weight is 288 g/mol. The van der Waals surface area contributed by atoms with E-state index in [0.717, 1.165) is 0 Å². The minimum atomic E-state index is -3.72. The monoisotopic (exact) mass is 288 g/mol. The largest absolute Gasteiger partial charge is 0.495 e. The summed E-state index contributed by atoms with van der Waals surface area (Å²) in [5, 5.41) is 8.99. The molecule has 0 aromatic heterocycles. The number of aliphatic hydroxyl groups excluding tert-OH is 1. The van der Waals surface area contributed by atoms with E-state index in [1.54, 1.807) is 6.07 Å². The lowest BCUT2D eigenvalue weighted by Crippen LogP contribution is -2.34. The van der Waals surface area contributed by atoms with Crippen LogP contribution in [-0.4, -0.2) is 44.6 Å². The topological polar surface area (TPSA) is 92.9 Å². The first-order valence-corrected chi connectivity index (χ1v) is 7.45. The molecule has 0 spiro atoms. The molecule has 19 heavy (non-hydrogen) atoms. The number of rotatable bonds is 7. The Kier molecular flexibility index (Phi) is 5.59. The molecule has 0 aliphatic rings. The van der Waals surface area contributed by atoms with E-state index in [0.29, 0.717) is 18.7 Å². The number of aliphatic hydroxyl groups is 1. The molecule has 0 aliphatic carbocycles. The fourth-order valence-electron chi connectivity index (χ4n) is 1.75. The summed E-state index contributed by atoms with van der Waals surface area (Å²) in [5.41, 5.74) is 5.99. The van der Waals surface area contributed by atoms with E-state index in [1.165, 1.54) is 23.5 Å². The number of methoxy groups -OCH3 is 1. The molecule has 6 nitrogen and oxygen atoms in total. The summed E-state index contributed by atoms with van der Waals surface area (Å²) in [4.78, 5) is 0.0249. The van der Waals surface area contributed by atoms with Crippen LogP contribution in [0.1, 0.15) is 13.3 Å². The highest BCUT2D eigenvalue weighted by atomic mass is 32.2. The van der Waals surface area contributed by atoms with Gasteiger partial charge >= 0.3 is 0 Å². The number of benzene rings is 1. The van der Waals surface area contributed by atoms with Crippen molar-refractivity contribution in [1.29, 1.82) is 0 Å². The Morgan fingerprint density at radius 3 is 2.58 bits per heavy atom. The number of hydrogen-bond acceptors (Lipinski definition) is 5. The van der Waals surface area contributed by atoms with E-state index in [9.17, 15) is 8.42 Å². The van der Waals surface area contributed by atoms with Crippen molar-refractivity contribution in [1.82, 2.24) is 4.31 Å². The predicted octanol–water partition coefficient (Wildman–Crippen LogP) is 0.670. The Hall–Kier alpha value is -1.31. The maximum absolute atomic E-state index is 12.5. The van der Waals surface area contributed by atoms with Crippen molar-refractivity contribution < 1.29 is 18.3 Å². The van der Waals surface area contributed by atoms with Crippen molar-refractivity contribution in [2.24, 2.45) is 0 Å². The molecule has 0 aliphatic heterocycles. The standard InChI is InChI=1S/C12H20N2O4S/c1-3-6-14(7-8-15)19(16,17)12-9-10(13)4-5-11(12)18-2/h4-5,9,15H,3,6-8,13H2,1-2H3. The molecule has 0 saturated heterocycles. The summed E-state index contributed by atoms with van der Waals surface area (Å²) in [5.74, 6) is 0.244. The van der Waals surface area contributed by atoms with Gasteiger partial charge in [-0.2, -0.15) is 4.31 Å². The first-order valence-electron chi connectivity index (χ1n) is 6.01. The van der Waals surface area contributed by atoms with Gasteiger partial charge in [-0.05, 0) is 24.6 Å². The molecule has 1 aromatic carbocycles. The third kappa shape index (κ3) is 3.59. The molecular weight excluding hydrogens is 268 g/mol. The van der Waals surface area contributed by atoms with Gasteiger partial charge in [-0.25, -0.2) is 8.42 Å². The van der Waals surface area contributed by atoms with Crippen LogP contribution in [0.15, 0.2) is 23.1 Å². The van der Waals surface area contributed by atoms with Gasteiger partial charge in [0.05, 0.1) is 13.7 Å². The molecule has 0 atom stereocenters.